The third kappa shape index (κ3) is 4.65. The van der Waals surface area contributed by atoms with Gasteiger partial charge in [0.1, 0.15) is 22.1 Å². The number of nitrogens with one attached hydrogen (secondary N) is 1. The number of carboxylic acids is 1. The highest BCUT2D eigenvalue weighted by Crippen LogP contribution is 2.41. The molecular formula is C18H19ClN6O4S3. The maximum Gasteiger partial charge on any atom is 0.352 e. The Bertz CT molecular complexity index is 1100. The van der Waals surface area contributed by atoms with Crippen LogP contribution in [0.5, 0.6) is 0 Å². The van der Waals surface area contributed by atoms with Crippen LogP contribution in [0.25, 0.3) is 0 Å². The number of aryl methyl sites for hydroxylation is 1. The van der Waals surface area contributed by atoms with Gasteiger partial charge in [-0.15, -0.1) is 22.0 Å². The average molecular weight is 515 g/mol. The van der Waals surface area contributed by atoms with Crippen LogP contribution >= 0.6 is 46.5 Å². The summed E-state index contributed by atoms with van der Waals surface area (Å²) in [6, 6.07) is -0.759. The van der Waals surface area contributed by atoms with Crippen LogP contribution in [0.1, 0.15) is 11.9 Å². The molecule has 2 N–H and O–H groups in total. The number of carbonyl (C=O) groups is 3. The number of hydrogen-bond donors (Lipinski definition) is 2. The number of aliphatic carboxylic acids is 1. The van der Waals surface area contributed by atoms with Gasteiger partial charge in [0.15, 0.2) is 4.34 Å². The van der Waals surface area contributed by atoms with Crippen molar-refractivity contribution in [2.24, 2.45) is 5.92 Å². The van der Waals surface area contributed by atoms with Crippen molar-refractivity contribution in [1.29, 1.82) is 0 Å². The fourth-order valence-corrected chi connectivity index (χ4v) is 6.83. The van der Waals surface area contributed by atoms with E-state index in [1.165, 1.54) is 46.0 Å². The minimum atomic E-state index is -1.15. The molecule has 0 spiro atoms. The summed E-state index contributed by atoms with van der Waals surface area (Å²) in [7, 11) is 0. The zero-order valence-electron chi connectivity index (χ0n) is 17.0. The topological polar surface area (TPSA) is 130 Å². The molecule has 0 bridgehead atoms. The third-order valence-corrected chi connectivity index (χ3v) is 8.53. The van der Waals surface area contributed by atoms with Gasteiger partial charge >= 0.3 is 5.97 Å². The number of amides is 2. The maximum absolute atomic E-state index is 12.8. The molecule has 1 fully saturated rings. The first-order chi connectivity index (χ1) is 15.2. The number of rotatable bonds is 8. The summed E-state index contributed by atoms with van der Waals surface area (Å²) < 4.78 is 2.31. The van der Waals surface area contributed by atoms with Gasteiger partial charge in [0, 0.05) is 17.7 Å². The Kier molecular flexibility index (Phi) is 6.79. The molecule has 14 heteroatoms. The van der Waals surface area contributed by atoms with E-state index in [4.69, 9.17) is 11.6 Å². The lowest BCUT2D eigenvalue weighted by atomic mass is 10.0. The summed E-state index contributed by atoms with van der Waals surface area (Å²) in [5, 5.41) is 25.4. The number of hydrogen-bond acceptors (Lipinski definition) is 9. The SMILES string of the molecule is Cc1nnc(SCC2=C(C(=O)O)N3C(=O)C(NC(=O)C(C)Cn4cc(Cl)cn4)C3SC2)s1. The highest BCUT2D eigenvalue weighted by molar-refractivity contribution is 8.01. The molecule has 170 valence electrons. The van der Waals surface area contributed by atoms with Crippen LogP contribution in [0.3, 0.4) is 0 Å². The van der Waals surface area contributed by atoms with E-state index in [1.54, 1.807) is 17.8 Å². The largest absolute Gasteiger partial charge is 0.477 e. The first-order valence-corrected chi connectivity index (χ1v) is 12.8. The molecule has 2 amide bonds. The second-order valence-corrected chi connectivity index (χ2v) is 11.3. The van der Waals surface area contributed by atoms with Crippen LogP contribution in [-0.2, 0) is 20.9 Å². The fraction of sp³-hybridized carbons (Fsp3) is 0.444. The first kappa shape index (κ1) is 23.1. The van der Waals surface area contributed by atoms with Gasteiger partial charge in [-0.3, -0.25) is 19.2 Å². The van der Waals surface area contributed by atoms with Crippen molar-refractivity contribution in [2.45, 2.75) is 36.1 Å². The number of thioether (sulfide) groups is 2. The molecule has 3 unspecified atom stereocenters. The van der Waals surface area contributed by atoms with E-state index in [0.717, 1.165) is 9.35 Å². The van der Waals surface area contributed by atoms with Gasteiger partial charge in [-0.2, -0.15) is 5.10 Å². The molecule has 2 aliphatic heterocycles. The quantitative estimate of drug-likeness (QED) is 0.400. The van der Waals surface area contributed by atoms with E-state index in [0.29, 0.717) is 28.6 Å². The Morgan fingerprint density at radius 1 is 1.44 bits per heavy atom. The first-order valence-electron chi connectivity index (χ1n) is 9.56. The predicted molar refractivity (Wildman–Crippen MR) is 121 cm³/mol. The number of aromatic nitrogens is 4. The van der Waals surface area contributed by atoms with Gasteiger partial charge in [0.2, 0.25) is 5.91 Å². The van der Waals surface area contributed by atoms with Crippen LogP contribution in [0, 0.1) is 12.8 Å². The van der Waals surface area contributed by atoms with Crippen molar-refractivity contribution in [1.82, 2.24) is 30.2 Å². The molecule has 4 rings (SSSR count). The zero-order chi connectivity index (χ0) is 23.0. The molecule has 0 saturated carbocycles. The number of nitrogens with zero attached hydrogens (tertiary/aromatic N) is 5. The lowest BCUT2D eigenvalue weighted by molar-refractivity contribution is -0.151. The summed E-state index contributed by atoms with van der Waals surface area (Å²) in [5.41, 5.74) is 0.649. The summed E-state index contributed by atoms with van der Waals surface area (Å²) in [6.45, 7) is 3.89. The molecule has 0 aromatic carbocycles. The molecular weight excluding hydrogens is 496 g/mol. The molecule has 10 nitrogen and oxygen atoms in total. The molecule has 4 heterocycles. The molecule has 2 aromatic heterocycles. The molecule has 2 aromatic rings. The third-order valence-electron chi connectivity index (χ3n) is 4.94. The van der Waals surface area contributed by atoms with Crippen LogP contribution in [0.15, 0.2) is 28.0 Å². The highest BCUT2D eigenvalue weighted by atomic mass is 35.5. The second kappa shape index (κ2) is 9.41. The normalized spacial score (nSPS) is 21.2. The van der Waals surface area contributed by atoms with E-state index >= 15 is 0 Å². The van der Waals surface area contributed by atoms with Gasteiger partial charge in [-0.25, -0.2) is 4.79 Å². The van der Waals surface area contributed by atoms with E-state index in [1.807, 2.05) is 6.92 Å². The molecule has 1 saturated heterocycles. The second-order valence-electron chi connectivity index (χ2n) is 7.31. The molecule has 0 radical (unpaired) electrons. The molecule has 3 atom stereocenters. The molecule has 0 aliphatic carbocycles. The maximum atomic E-state index is 12.8. The number of halogens is 1. The number of carboxylic acid groups (broad SMARTS) is 1. The van der Waals surface area contributed by atoms with Crippen LogP contribution in [-0.4, -0.2) is 70.7 Å². The van der Waals surface area contributed by atoms with Crippen molar-refractivity contribution < 1.29 is 19.5 Å². The Morgan fingerprint density at radius 2 is 2.22 bits per heavy atom. The zero-order valence-corrected chi connectivity index (χ0v) is 20.2. The van der Waals surface area contributed by atoms with Gasteiger partial charge in [0.05, 0.1) is 23.7 Å². The number of fused-ring (bicyclic) bond motifs is 1. The molecule has 32 heavy (non-hydrogen) atoms. The lowest BCUT2D eigenvalue weighted by Gasteiger charge is -2.49. The number of carbonyl (C=O) groups excluding carboxylic acids is 2. The standard InChI is InChI=1S/C18H19ClN6O4S3/c1-8(4-24-5-11(19)3-20-24)14(26)21-12-15(27)25-13(17(28)29)10(6-30-16(12)25)7-31-18-23-22-9(2)32-18/h3,5,8,12,16H,4,6-7H2,1-2H3,(H,21,26)(H,28,29). The average Bonchev–Trinajstić information content (AvgIpc) is 3.36. The molecule has 2 aliphatic rings. The van der Waals surface area contributed by atoms with Crippen LogP contribution < -0.4 is 5.32 Å². The monoisotopic (exact) mass is 514 g/mol. The van der Waals surface area contributed by atoms with Crippen molar-refractivity contribution in [2.75, 3.05) is 11.5 Å². The number of β-lactam (4-membered cyclic amide) rings is 1. The van der Waals surface area contributed by atoms with Gasteiger partial charge < -0.3 is 10.4 Å². The van der Waals surface area contributed by atoms with E-state index in [-0.39, 0.29) is 11.6 Å². The van der Waals surface area contributed by atoms with Crippen LogP contribution in [0.4, 0.5) is 0 Å². The van der Waals surface area contributed by atoms with Gasteiger partial charge in [0.25, 0.3) is 5.91 Å². The van der Waals surface area contributed by atoms with E-state index < -0.39 is 29.2 Å². The Balaban J connectivity index is 1.41. The van der Waals surface area contributed by atoms with E-state index in [2.05, 4.69) is 20.6 Å². The Hall–Kier alpha value is -2.09. The predicted octanol–water partition coefficient (Wildman–Crippen LogP) is 1.86. The van der Waals surface area contributed by atoms with Crippen molar-refractivity contribution in [3.05, 3.63) is 33.7 Å². The van der Waals surface area contributed by atoms with Gasteiger partial charge in [-0.05, 0) is 12.5 Å². The highest BCUT2D eigenvalue weighted by Gasteiger charge is 2.54. The fourth-order valence-electron chi connectivity index (χ4n) is 3.38. The van der Waals surface area contributed by atoms with E-state index in [9.17, 15) is 19.5 Å². The van der Waals surface area contributed by atoms with Crippen molar-refractivity contribution >= 4 is 64.2 Å². The minimum Gasteiger partial charge on any atom is -0.477 e. The minimum absolute atomic E-state index is 0.00258. The Labute approximate surface area is 200 Å². The van der Waals surface area contributed by atoms with Crippen molar-refractivity contribution in [3.63, 3.8) is 0 Å². The van der Waals surface area contributed by atoms with Gasteiger partial charge in [-0.1, -0.05) is 41.6 Å². The smallest absolute Gasteiger partial charge is 0.352 e. The summed E-state index contributed by atoms with van der Waals surface area (Å²) in [6.07, 6.45) is 3.10. The Morgan fingerprint density at radius 3 is 2.84 bits per heavy atom. The summed E-state index contributed by atoms with van der Waals surface area (Å²) in [4.78, 5) is 38.6. The van der Waals surface area contributed by atoms with Crippen molar-refractivity contribution in [3.8, 4) is 0 Å². The van der Waals surface area contributed by atoms with Crippen LogP contribution in [0.2, 0.25) is 5.02 Å². The summed E-state index contributed by atoms with van der Waals surface area (Å²) >= 11 is 10.1. The summed E-state index contributed by atoms with van der Waals surface area (Å²) in [5.74, 6) is -1.46. The lowest BCUT2D eigenvalue weighted by Crippen LogP contribution is -2.71.